The number of nitrogens with one attached hydrogen (secondary N) is 1. The van der Waals surface area contributed by atoms with Crippen LogP contribution in [0.25, 0.3) is 0 Å². The standard InChI is InChI=1S/C21H28N2O5S2/c1-14-11-15(2)13-19(12-14)23(30(6,27)28)17(4)21(24)22-16(3)18-7-9-20(10-8-18)29(5,25)26/h7-13,16-17H,1-6H3,(H,22,24)/t16-,17-/m1/s1. The average Bonchev–Trinajstić information content (AvgIpc) is 2.59. The summed E-state index contributed by atoms with van der Waals surface area (Å²) in [5.41, 5.74) is 2.93. The Balaban J connectivity index is 2.27. The first kappa shape index (κ1) is 23.9. The number of rotatable bonds is 7. The Morgan fingerprint density at radius 3 is 1.83 bits per heavy atom. The molecule has 0 saturated heterocycles. The largest absolute Gasteiger partial charge is 0.348 e. The molecule has 0 spiro atoms. The van der Waals surface area contributed by atoms with Gasteiger partial charge in [-0.25, -0.2) is 16.8 Å². The van der Waals surface area contributed by atoms with Gasteiger partial charge in [0.2, 0.25) is 15.9 Å². The summed E-state index contributed by atoms with van der Waals surface area (Å²) in [6, 6.07) is 10.2. The second-order valence-electron chi connectivity index (χ2n) is 7.65. The molecule has 0 bridgehead atoms. The lowest BCUT2D eigenvalue weighted by Crippen LogP contribution is -2.48. The van der Waals surface area contributed by atoms with Crippen molar-refractivity contribution in [2.75, 3.05) is 16.8 Å². The summed E-state index contributed by atoms with van der Waals surface area (Å²) in [5.74, 6) is -0.459. The minimum Gasteiger partial charge on any atom is -0.348 e. The zero-order valence-electron chi connectivity index (χ0n) is 18.0. The molecule has 30 heavy (non-hydrogen) atoms. The summed E-state index contributed by atoms with van der Waals surface area (Å²) in [6.07, 6.45) is 2.20. The van der Waals surface area contributed by atoms with Crippen LogP contribution in [0.5, 0.6) is 0 Å². The van der Waals surface area contributed by atoms with E-state index in [0.717, 1.165) is 27.9 Å². The number of hydrogen-bond acceptors (Lipinski definition) is 5. The van der Waals surface area contributed by atoms with E-state index in [1.807, 2.05) is 19.9 Å². The number of sulfonamides is 1. The lowest BCUT2D eigenvalue weighted by molar-refractivity contribution is -0.122. The molecule has 2 atom stereocenters. The van der Waals surface area contributed by atoms with E-state index in [2.05, 4.69) is 5.32 Å². The van der Waals surface area contributed by atoms with Gasteiger partial charge in [0, 0.05) is 6.26 Å². The van der Waals surface area contributed by atoms with Gasteiger partial charge in [0.05, 0.1) is 22.9 Å². The van der Waals surface area contributed by atoms with Gasteiger partial charge < -0.3 is 5.32 Å². The molecule has 0 aliphatic carbocycles. The molecule has 0 unspecified atom stereocenters. The first-order chi connectivity index (χ1) is 13.7. The Bertz CT molecular complexity index is 1120. The molecule has 0 aliphatic rings. The van der Waals surface area contributed by atoms with Crippen LogP contribution in [-0.2, 0) is 24.7 Å². The minimum atomic E-state index is -3.71. The molecular weight excluding hydrogens is 424 g/mol. The third-order valence-corrected chi connectivity index (χ3v) is 7.09. The van der Waals surface area contributed by atoms with Gasteiger partial charge in [-0.2, -0.15) is 0 Å². The molecule has 0 radical (unpaired) electrons. The minimum absolute atomic E-state index is 0.191. The molecule has 0 heterocycles. The number of nitrogens with zero attached hydrogens (tertiary/aromatic N) is 1. The summed E-state index contributed by atoms with van der Waals surface area (Å²) in [6.45, 7) is 7.02. The van der Waals surface area contributed by atoms with Gasteiger partial charge in [-0.05, 0) is 68.7 Å². The van der Waals surface area contributed by atoms with Gasteiger partial charge in [0.1, 0.15) is 6.04 Å². The topological polar surface area (TPSA) is 101 Å². The highest BCUT2D eigenvalue weighted by atomic mass is 32.2. The smallest absolute Gasteiger partial charge is 0.244 e. The summed E-state index contributed by atoms with van der Waals surface area (Å²) in [7, 11) is -7.02. The lowest BCUT2D eigenvalue weighted by Gasteiger charge is -2.30. The van der Waals surface area contributed by atoms with E-state index < -0.39 is 37.9 Å². The number of sulfone groups is 1. The molecule has 1 N–H and O–H groups in total. The van der Waals surface area contributed by atoms with Crippen molar-refractivity contribution >= 4 is 31.5 Å². The molecule has 0 fully saturated rings. The number of carbonyl (C=O) groups is 1. The number of hydrogen-bond donors (Lipinski definition) is 1. The lowest BCUT2D eigenvalue weighted by atomic mass is 10.1. The maximum Gasteiger partial charge on any atom is 0.244 e. The number of benzene rings is 2. The molecule has 2 rings (SSSR count). The molecule has 164 valence electrons. The maximum absolute atomic E-state index is 12.9. The van der Waals surface area contributed by atoms with Gasteiger partial charge >= 0.3 is 0 Å². The van der Waals surface area contributed by atoms with Crippen molar-refractivity contribution in [3.8, 4) is 0 Å². The van der Waals surface area contributed by atoms with Crippen LogP contribution in [0.3, 0.4) is 0 Å². The molecule has 1 amide bonds. The van der Waals surface area contributed by atoms with E-state index in [-0.39, 0.29) is 4.90 Å². The molecule has 0 aromatic heterocycles. The van der Waals surface area contributed by atoms with Crippen LogP contribution >= 0.6 is 0 Å². The fourth-order valence-corrected chi connectivity index (χ4v) is 5.10. The van der Waals surface area contributed by atoms with E-state index in [4.69, 9.17) is 0 Å². The van der Waals surface area contributed by atoms with Crippen LogP contribution in [0.1, 0.15) is 36.6 Å². The Labute approximate surface area is 179 Å². The maximum atomic E-state index is 12.9. The van der Waals surface area contributed by atoms with Crippen molar-refractivity contribution in [3.05, 3.63) is 59.2 Å². The first-order valence-electron chi connectivity index (χ1n) is 9.38. The molecule has 7 nitrogen and oxygen atoms in total. The van der Waals surface area contributed by atoms with Crippen LogP contribution in [0.2, 0.25) is 0 Å². The number of aryl methyl sites for hydroxylation is 2. The quantitative estimate of drug-likeness (QED) is 0.696. The predicted octanol–water partition coefficient (Wildman–Crippen LogP) is 2.74. The van der Waals surface area contributed by atoms with Gasteiger partial charge in [0.15, 0.2) is 9.84 Å². The highest BCUT2D eigenvalue weighted by Gasteiger charge is 2.30. The van der Waals surface area contributed by atoms with Crippen LogP contribution < -0.4 is 9.62 Å². The van der Waals surface area contributed by atoms with E-state index in [1.165, 1.54) is 19.1 Å². The Morgan fingerprint density at radius 2 is 1.40 bits per heavy atom. The highest BCUT2D eigenvalue weighted by molar-refractivity contribution is 7.92. The van der Waals surface area contributed by atoms with Crippen molar-refractivity contribution in [1.29, 1.82) is 0 Å². The third-order valence-electron chi connectivity index (χ3n) is 4.72. The zero-order chi connectivity index (χ0) is 22.9. The summed E-state index contributed by atoms with van der Waals surface area (Å²) in [4.78, 5) is 13.1. The monoisotopic (exact) mass is 452 g/mol. The molecule has 2 aromatic carbocycles. The SMILES string of the molecule is Cc1cc(C)cc(N([C@H](C)C(=O)N[C@H](C)c2ccc(S(C)(=O)=O)cc2)S(C)(=O)=O)c1. The Morgan fingerprint density at radius 1 is 0.900 bits per heavy atom. The van der Waals surface area contributed by atoms with Gasteiger partial charge in [-0.15, -0.1) is 0 Å². The summed E-state index contributed by atoms with van der Waals surface area (Å²) >= 11 is 0. The number of anilines is 1. The highest BCUT2D eigenvalue weighted by Crippen LogP contribution is 2.24. The van der Waals surface area contributed by atoms with Gasteiger partial charge in [0.25, 0.3) is 0 Å². The number of amides is 1. The third kappa shape index (κ3) is 5.82. The fraction of sp³-hybridized carbons (Fsp3) is 0.381. The van der Waals surface area contributed by atoms with Crippen molar-refractivity contribution in [2.24, 2.45) is 0 Å². The molecule has 2 aromatic rings. The molecule has 9 heteroatoms. The second-order valence-corrected chi connectivity index (χ2v) is 11.5. The van der Waals surface area contributed by atoms with Gasteiger partial charge in [-0.3, -0.25) is 9.10 Å². The average molecular weight is 453 g/mol. The van der Waals surface area contributed by atoms with E-state index in [9.17, 15) is 21.6 Å². The summed E-state index contributed by atoms with van der Waals surface area (Å²) < 4.78 is 49.3. The van der Waals surface area contributed by atoms with E-state index in [0.29, 0.717) is 11.3 Å². The number of carbonyl (C=O) groups excluding carboxylic acids is 1. The van der Waals surface area contributed by atoms with Crippen LogP contribution in [0.4, 0.5) is 5.69 Å². The zero-order valence-corrected chi connectivity index (χ0v) is 19.6. The molecular formula is C21H28N2O5S2. The van der Waals surface area contributed by atoms with Gasteiger partial charge in [-0.1, -0.05) is 18.2 Å². The Hall–Kier alpha value is -2.39. The molecule has 0 saturated carbocycles. The van der Waals surface area contributed by atoms with Crippen molar-refractivity contribution < 1.29 is 21.6 Å². The van der Waals surface area contributed by atoms with Crippen molar-refractivity contribution in [3.63, 3.8) is 0 Å². The Kier molecular flexibility index (Phi) is 6.98. The fourth-order valence-electron chi connectivity index (χ4n) is 3.31. The molecule has 0 aliphatic heterocycles. The normalized spacial score (nSPS) is 14.1. The van der Waals surface area contributed by atoms with Crippen LogP contribution in [0, 0.1) is 13.8 Å². The predicted molar refractivity (Wildman–Crippen MR) is 119 cm³/mol. The second kappa shape index (κ2) is 8.77. The van der Waals surface area contributed by atoms with Crippen LogP contribution in [-0.4, -0.2) is 41.3 Å². The van der Waals surface area contributed by atoms with Crippen molar-refractivity contribution in [1.82, 2.24) is 5.32 Å². The van der Waals surface area contributed by atoms with E-state index in [1.54, 1.807) is 31.2 Å². The summed E-state index contributed by atoms with van der Waals surface area (Å²) in [5, 5.41) is 2.81. The van der Waals surface area contributed by atoms with Crippen LogP contribution in [0.15, 0.2) is 47.4 Å². The first-order valence-corrected chi connectivity index (χ1v) is 13.1. The van der Waals surface area contributed by atoms with Crippen molar-refractivity contribution in [2.45, 2.75) is 44.7 Å². The van der Waals surface area contributed by atoms with E-state index >= 15 is 0 Å².